The van der Waals surface area contributed by atoms with Gasteiger partial charge in [0.15, 0.2) is 0 Å². The molecule has 2 atom stereocenters. The average Bonchev–Trinajstić information content (AvgIpc) is 2.89. The molecule has 3 aromatic carbocycles. The number of carbonyl (C=O) groups excluding carboxylic acids is 2. The number of piperidine rings is 1. The molecule has 7 nitrogen and oxygen atoms in total. The number of rotatable bonds is 7. The molecule has 4 rings (SSSR count). The van der Waals surface area contributed by atoms with Gasteiger partial charge in [0.1, 0.15) is 17.5 Å². The van der Waals surface area contributed by atoms with Crippen molar-refractivity contribution in [1.82, 2.24) is 10.6 Å². The molecule has 0 saturated carbocycles. The van der Waals surface area contributed by atoms with Gasteiger partial charge >= 0.3 is 6.03 Å². The minimum Gasteiger partial charge on any atom is -0.497 e. The van der Waals surface area contributed by atoms with E-state index in [-0.39, 0.29) is 5.91 Å². The van der Waals surface area contributed by atoms with Crippen molar-refractivity contribution >= 4 is 45.2 Å². The predicted octanol–water partition coefficient (Wildman–Crippen LogP) is 6.32. The number of halogens is 2. The van der Waals surface area contributed by atoms with Crippen LogP contribution in [0.3, 0.4) is 0 Å². The summed E-state index contributed by atoms with van der Waals surface area (Å²) in [6.07, 6.45) is 1.33. The lowest BCUT2D eigenvalue weighted by Gasteiger charge is -2.35. The van der Waals surface area contributed by atoms with Gasteiger partial charge in [-0.15, -0.1) is 0 Å². The Labute approximate surface area is 236 Å². The summed E-state index contributed by atoms with van der Waals surface area (Å²) >= 11 is 10.1. The molecular weight excluding hydrogens is 570 g/mol. The summed E-state index contributed by atoms with van der Waals surface area (Å²) in [5.41, 5.74) is 4.29. The van der Waals surface area contributed by atoms with E-state index in [1.807, 2.05) is 50.2 Å². The van der Waals surface area contributed by atoms with E-state index in [1.54, 1.807) is 37.3 Å². The third-order valence-electron chi connectivity index (χ3n) is 6.71. The fourth-order valence-corrected chi connectivity index (χ4v) is 5.91. The van der Waals surface area contributed by atoms with Gasteiger partial charge in [0.25, 0.3) is 0 Å². The Hall–Kier alpha value is -3.23. The monoisotopic (exact) mass is 599 g/mol. The normalized spacial score (nSPS) is 16.1. The first-order valence-corrected chi connectivity index (χ1v) is 13.5. The molecule has 9 heteroatoms. The topological polar surface area (TPSA) is 79.9 Å². The van der Waals surface area contributed by atoms with Crippen LogP contribution in [0.25, 0.3) is 0 Å². The van der Waals surface area contributed by atoms with Gasteiger partial charge in [-0.2, -0.15) is 0 Å². The zero-order chi connectivity index (χ0) is 27.4. The molecule has 200 valence electrons. The summed E-state index contributed by atoms with van der Waals surface area (Å²) in [6, 6.07) is 14.9. The Morgan fingerprint density at radius 3 is 2.42 bits per heavy atom. The van der Waals surface area contributed by atoms with Gasteiger partial charge in [0.2, 0.25) is 5.91 Å². The van der Waals surface area contributed by atoms with Crippen LogP contribution in [0.4, 0.5) is 10.5 Å². The second-order valence-corrected chi connectivity index (χ2v) is 10.6. The minimum absolute atomic E-state index is 0.128. The highest BCUT2D eigenvalue weighted by Gasteiger charge is 2.33. The number of nitrogens with one attached hydrogen (secondary N) is 2. The van der Waals surface area contributed by atoms with Gasteiger partial charge < -0.3 is 25.0 Å². The van der Waals surface area contributed by atoms with Crippen LogP contribution in [0, 0.1) is 13.8 Å². The Balaban J connectivity index is 1.59. The van der Waals surface area contributed by atoms with Crippen LogP contribution >= 0.6 is 27.5 Å². The van der Waals surface area contributed by atoms with Crippen molar-refractivity contribution in [3.05, 3.63) is 86.3 Å². The van der Waals surface area contributed by atoms with Crippen LogP contribution in [0.15, 0.2) is 59.1 Å². The Morgan fingerprint density at radius 2 is 1.76 bits per heavy atom. The number of anilines is 1. The Bertz CT molecular complexity index is 1330. The van der Waals surface area contributed by atoms with E-state index in [1.165, 1.54) is 0 Å². The number of ether oxygens (including phenoxy) is 2. The van der Waals surface area contributed by atoms with E-state index in [0.29, 0.717) is 40.6 Å². The number of nitrogens with zero attached hydrogens (tertiary/aromatic N) is 1. The van der Waals surface area contributed by atoms with Crippen LogP contribution in [0.1, 0.15) is 41.1 Å². The second kappa shape index (κ2) is 12.1. The summed E-state index contributed by atoms with van der Waals surface area (Å²) in [6.45, 7) is 4.58. The molecule has 1 aliphatic heterocycles. The predicted molar refractivity (Wildman–Crippen MR) is 153 cm³/mol. The van der Waals surface area contributed by atoms with Crippen LogP contribution in [-0.4, -0.2) is 38.7 Å². The molecule has 3 aromatic rings. The molecule has 0 radical (unpaired) electrons. The molecule has 1 aliphatic rings. The Morgan fingerprint density at radius 1 is 1.05 bits per heavy atom. The number of benzene rings is 3. The lowest BCUT2D eigenvalue weighted by Crippen LogP contribution is -2.55. The van der Waals surface area contributed by atoms with Crippen molar-refractivity contribution in [2.45, 2.75) is 38.8 Å². The van der Waals surface area contributed by atoms with Gasteiger partial charge in [-0.3, -0.25) is 4.79 Å². The molecule has 0 aromatic heterocycles. The number of amides is 3. The van der Waals surface area contributed by atoms with E-state index in [0.717, 1.165) is 27.7 Å². The third-order valence-corrected chi connectivity index (χ3v) is 7.52. The average molecular weight is 601 g/mol. The fraction of sp³-hybridized carbons (Fsp3) is 0.310. The smallest absolute Gasteiger partial charge is 0.316 e. The highest BCUT2D eigenvalue weighted by Crippen LogP contribution is 2.36. The maximum Gasteiger partial charge on any atom is 0.316 e. The first kappa shape index (κ1) is 27.8. The quantitative estimate of drug-likeness (QED) is 0.333. The second-order valence-electron chi connectivity index (χ2n) is 9.25. The SMILES string of the molecule is COc1ccc(C(NC(=O)NC2CCCN(c3c(C)cc(Br)cc3C)C2=O)c2ccccc2Cl)c(OC)c1. The lowest BCUT2D eigenvalue weighted by atomic mass is 9.97. The number of hydrogen-bond acceptors (Lipinski definition) is 4. The van der Waals surface area contributed by atoms with Crippen molar-refractivity contribution in [3.8, 4) is 11.5 Å². The highest BCUT2D eigenvalue weighted by molar-refractivity contribution is 9.10. The summed E-state index contributed by atoms with van der Waals surface area (Å²) in [5, 5.41) is 6.43. The Kier molecular flexibility index (Phi) is 8.84. The van der Waals surface area contributed by atoms with Gasteiger partial charge in [0.05, 0.1) is 20.3 Å². The highest BCUT2D eigenvalue weighted by atomic mass is 79.9. The van der Waals surface area contributed by atoms with Gasteiger partial charge in [0, 0.05) is 33.4 Å². The zero-order valence-electron chi connectivity index (χ0n) is 21.8. The number of urea groups is 1. The number of aryl methyl sites for hydroxylation is 2. The lowest BCUT2D eigenvalue weighted by molar-refractivity contribution is -0.121. The molecular formula is C29H31BrClN3O4. The molecule has 2 unspecified atom stereocenters. The van der Waals surface area contributed by atoms with Crippen molar-refractivity contribution in [2.24, 2.45) is 0 Å². The molecule has 1 fully saturated rings. The molecule has 2 N–H and O–H groups in total. The molecule has 1 heterocycles. The maximum atomic E-state index is 13.5. The van der Waals surface area contributed by atoms with Crippen LogP contribution in [0.2, 0.25) is 5.02 Å². The van der Waals surface area contributed by atoms with Gasteiger partial charge in [-0.25, -0.2) is 4.79 Å². The first-order chi connectivity index (χ1) is 18.2. The molecule has 0 bridgehead atoms. The standard InChI is InChI=1S/C29H31BrClN3O4/c1-17-14-19(30)15-18(2)27(17)34-13-7-10-24(28(34)35)32-29(36)33-26(21-8-5-6-9-23(21)31)22-12-11-20(37-3)16-25(22)38-4/h5-6,8-9,11-12,14-16,24,26H,7,10,13H2,1-4H3,(H2,32,33,36). The fourth-order valence-electron chi connectivity index (χ4n) is 4.98. The number of hydrogen-bond donors (Lipinski definition) is 2. The largest absolute Gasteiger partial charge is 0.497 e. The number of methoxy groups -OCH3 is 2. The minimum atomic E-state index is -0.657. The summed E-state index contributed by atoms with van der Waals surface area (Å²) < 4.78 is 11.9. The van der Waals surface area contributed by atoms with Crippen LogP contribution in [0.5, 0.6) is 11.5 Å². The molecule has 1 saturated heterocycles. The van der Waals surface area contributed by atoms with Crippen molar-refractivity contribution in [3.63, 3.8) is 0 Å². The van der Waals surface area contributed by atoms with E-state index in [9.17, 15) is 9.59 Å². The van der Waals surface area contributed by atoms with E-state index >= 15 is 0 Å². The molecule has 38 heavy (non-hydrogen) atoms. The van der Waals surface area contributed by atoms with Gasteiger partial charge in [-0.1, -0.05) is 45.7 Å². The van der Waals surface area contributed by atoms with E-state index < -0.39 is 18.1 Å². The van der Waals surface area contributed by atoms with E-state index in [4.69, 9.17) is 21.1 Å². The summed E-state index contributed by atoms with van der Waals surface area (Å²) in [5.74, 6) is 1.03. The van der Waals surface area contributed by atoms with Crippen LogP contribution in [-0.2, 0) is 4.79 Å². The van der Waals surface area contributed by atoms with E-state index in [2.05, 4.69) is 26.6 Å². The van der Waals surface area contributed by atoms with Gasteiger partial charge in [-0.05, 0) is 73.7 Å². The van der Waals surface area contributed by atoms with Crippen molar-refractivity contribution < 1.29 is 19.1 Å². The summed E-state index contributed by atoms with van der Waals surface area (Å²) in [7, 11) is 3.14. The van der Waals surface area contributed by atoms with Crippen LogP contribution < -0.4 is 25.0 Å². The molecule has 0 spiro atoms. The molecule has 0 aliphatic carbocycles. The maximum absolute atomic E-state index is 13.5. The zero-order valence-corrected chi connectivity index (χ0v) is 24.2. The van der Waals surface area contributed by atoms with Crippen molar-refractivity contribution in [1.29, 1.82) is 0 Å². The molecule has 3 amide bonds. The van der Waals surface area contributed by atoms with Crippen molar-refractivity contribution in [2.75, 3.05) is 25.7 Å². The summed E-state index contributed by atoms with van der Waals surface area (Å²) in [4.78, 5) is 28.7. The first-order valence-electron chi connectivity index (χ1n) is 12.3. The third kappa shape index (κ3) is 5.92. The number of carbonyl (C=O) groups is 2.